The Hall–Kier alpha value is -3.03. The van der Waals surface area contributed by atoms with Gasteiger partial charge in [-0.1, -0.05) is 36.4 Å². The molecule has 8 nitrogen and oxygen atoms in total. The summed E-state index contributed by atoms with van der Waals surface area (Å²) in [6.45, 7) is 7.39. The van der Waals surface area contributed by atoms with E-state index in [0.717, 1.165) is 5.56 Å². The first kappa shape index (κ1) is 21.3. The second kappa shape index (κ2) is 11.0. The minimum atomic E-state index is -0.755. The maximum Gasteiger partial charge on any atom is 0.409 e. The number of hydrogen-bond donors (Lipinski definition) is 1. The summed E-state index contributed by atoms with van der Waals surface area (Å²) >= 11 is 0. The molecule has 0 aromatic heterocycles. The molecule has 0 saturated carbocycles. The molecule has 152 valence electrons. The van der Waals surface area contributed by atoms with Crippen LogP contribution in [0.15, 0.2) is 43.0 Å². The van der Waals surface area contributed by atoms with Gasteiger partial charge in [-0.25, -0.2) is 9.59 Å². The Balaban J connectivity index is 1.85. The molecule has 0 spiro atoms. The third-order valence-electron chi connectivity index (χ3n) is 4.32. The molecule has 1 atom stereocenters. The van der Waals surface area contributed by atoms with Crippen LogP contribution in [0.2, 0.25) is 0 Å². The number of rotatable bonds is 7. The number of ether oxygens (including phenoxy) is 2. The Morgan fingerprint density at radius 2 is 1.75 bits per heavy atom. The highest BCUT2D eigenvalue weighted by Crippen LogP contribution is 2.09. The molecule has 8 heteroatoms. The van der Waals surface area contributed by atoms with Gasteiger partial charge in [0.05, 0.1) is 6.61 Å². The van der Waals surface area contributed by atoms with Gasteiger partial charge in [0.15, 0.2) is 0 Å². The lowest BCUT2D eigenvalue weighted by Crippen LogP contribution is -2.55. The van der Waals surface area contributed by atoms with Gasteiger partial charge in [-0.15, -0.1) is 6.58 Å². The fraction of sp³-hybridized carbons (Fsp3) is 0.450. The van der Waals surface area contributed by atoms with Crippen molar-refractivity contribution in [2.75, 3.05) is 32.8 Å². The van der Waals surface area contributed by atoms with Gasteiger partial charge in [-0.3, -0.25) is 4.79 Å². The summed E-state index contributed by atoms with van der Waals surface area (Å²) in [5, 5.41) is 2.61. The molecule has 2 rings (SSSR count). The van der Waals surface area contributed by atoms with Crippen LogP contribution >= 0.6 is 0 Å². The summed E-state index contributed by atoms with van der Waals surface area (Å²) in [5.74, 6) is -0.222. The quantitative estimate of drug-likeness (QED) is 0.722. The van der Waals surface area contributed by atoms with Crippen molar-refractivity contribution in [1.29, 1.82) is 0 Å². The molecular weight excluding hydrogens is 362 g/mol. The van der Waals surface area contributed by atoms with E-state index in [9.17, 15) is 14.4 Å². The van der Waals surface area contributed by atoms with Crippen LogP contribution in [0, 0.1) is 0 Å². The van der Waals surface area contributed by atoms with E-state index in [2.05, 4.69) is 11.9 Å². The molecule has 0 aliphatic carbocycles. The first-order valence-electron chi connectivity index (χ1n) is 9.33. The number of nitrogens with zero attached hydrogens (tertiary/aromatic N) is 2. The number of carbonyl (C=O) groups is 3. The topological polar surface area (TPSA) is 88.2 Å². The molecular formula is C20H27N3O5. The monoisotopic (exact) mass is 389 g/mol. The second-order valence-corrected chi connectivity index (χ2v) is 6.29. The van der Waals surface area contributed by atoms with Crippen LogP contribution < -0.4 is 5.32 Å². The summed E-state index contributed by atoms with van der Waals surface area (Å²) in [4.78, 5) is 39.8. The first-order chi connectivity index (χ1) is 13.5. The van der Waals surface area contributed by atoms with Gasteiger partial charge in [-0.2, -0.15) is 0 Å². The standard InChI is InChI=1S/C20H27N3O5/c1-3-8-17(21-19(25)28-15-16-9-6-5-7-10-16)18(24)22-11-13-23(14-12-22)20(26)27-4-2/h3,5-7,9-10,17H,1,4,8,11-15H2,2H3,(H,21,25)/t17-/m0/s1. The zero-order valence-electron chi connectivity index (χ0n) is 16.1. The zero-order chi connectivity index (χ0) is 20.4. The van der Waals surface area contributed by atoms with E-state index < -0.39 is 12.1 Å². The van der Waals surface area contributed by atoms with Crippen LogP contribution in [0.3, 0.4) is 0 Å². The molecule has 1 saturated heterocycles. The SMILES string of the molecule is C=CC[C@H](NC(=O)OCc1ccccc1)C(=O)N1CCN(C(=O)OCC)CC1. The summed E-state index contributed by atoms with van der Waals surface area (Å²) in [5.41, 5.74) is 0.860. The fourth-order valence-corrected chi connectivity index (χ4v) is 2.84. The van der Waals surface area contributed by atoms with Gasteiger partial charge in [-0.05, 0) is 18.9 Å². The van der Waals surface area contributed by atoms with Crippen molar-refractivity contribution in [1.82, 2.24) is 15.1 Å². The van der Waals surface area contributed by atoms with Crippen LogP contribution in [0.4, 0.5) is 9.59 Å². The predicted molar refractivity (Wildman–Crippen MR) is 104 cm³/mol. The Morgan fingerprint density at radius 3 is 2.36 bits per heavy atom. The Morgan fingerprint density at radius 1 is 1.11 bits per heavy atom. The number of amides is 3. The number of alkyl carbamates (subject to hydrolysis) is 1. The lowest BCUT2D eigenvalue weighted by molar-refractivity contribution is -0.134. The summed E-state index contributed by atoms with van der Waals surface area (Å²) in [6.07, 6.45) is 0.834. The second-order valence-electron chi connectivity index (χ2n) is 6.29. The summed E-state index contributed by atoms with van der Waals surface area (Å²) in [6, 6.07) is 8.54. The third-order valence-corrected chi connectivity index (χ3v) is 4.32. The smallest absolute Gasteiger partial charge is 0.409 e. The van der Waals surface area contributed by atoms with Crippen LogP contribution in [0.1, 0.15) is 18.9 Å². The average Bonchev–Trinajstić information content (AvgIpc) is 2.72. The van der Waals surface area contributed by atoms with Gasteiger partial charge in [0.1, 0.15) is 12.6 Å². The van der Waals surface area contributed by atoms with Gasteiger partial charge in [0, 0.05) is 26.2 Å². The normalized spacial score (nSPS) is 14.8. The number of nitrogens with one attached hydrogen (secondary N) is 1. The van der Waals surface area contributed by atoms with Crippen molar-refractivity contribution in [2.45, 2.75) is 26.0 Å². The van der Waals surface area contributed by atoms with E-state index in [0.29, 0.717) is 32.8 Å². The molecule has 3 amide bonds. The molecule has 1 aliphatic heterocycles. The Labute approximate surface area is 165 Å². The van der Waals surface area contributed by atoms with E-state index in [4.69, 9.17) is 9.47 Å². The van der Waals surface area contributed by atoms with Gasteiger partial charge >= 0.3 is 12.2 Å². The molecule has 1 heterocycles. The number of carbonyl (C=O) groups excluding carboxylic acids is 3. The summed E-state index contributed by atoms with van der Waals surface area (Å²) in [7, 11) is 0. The first-order valence-corrected chi connectivity index (χ1v) is 9.33. The van der Waals surface area contributed by atoms with Crippen LogP contribution in [0.5, 0.6) is 0 Å². The van der Waals surface area contributed by atoms with Crippen molar-refractivity contribution in [3.05, 3.63) is 48.6 Å². The molecule has 28 heavy (non-hydrogen) atoms. The third kappa shape index (κ3) is 6.29. The average molecular weight is 389 g/mol. The van der Waals surface area contributed by atoms with Crippen molar-refractivity contribution in [3.8, 4) is 0 Å². The van der Waals surface area contributed by atoms with E-state index >= 15 is 0 Å². The van der Waals surface area contributed by atoms with Gasteiger partial charge < -0.3 is 24.6 Å². The van der Waals surface area contributed by atoms with Crippen molar-refractivity contribution in [3.63, 3.8) is 0 Å². The minimum absolute atomic E-state index is 0.125. The minimum Gasteiger partial charge on any atom is -0.450 e. The highest BCUT2D eigenvalue weighted by atomic mass is 16.6. The maximum atomic E-state index is 12.8. The molecule has 0 unspecified atom stereocenters. The van der Waals surface area contributed by atoms with Crippen LogP contribution in [-0.2, 0) is 20.9 Å². The fourth-order valence-electron chi connectivity index (χ4n) is 2.84. The van der Waals surface area contributed by atoms with Gasteiger partial charge in [0.25, 0.3) is 0 Å². The number of benzene rings is 1. The molecule has 1 N–H and O–H groups in total. The predicted octanol–water partition coefficient (Wildman–Crippen LogP) is 2.16. The summed E-state index contributed by atoms with van der Waals surface area (Å²) < 4.78 is 10.2. The lowest BCUT2D eigenvalue weighted by Gasteiger charge is -2.35. The van der Waals surface area contributed by atoms with Crippen LogP contribution in [-0.4, -0.2) is 66.7 Å². The lowest BCUT2D eigenvalue weighted by atomic mass is 10.1. The number of hydrogen-bond acceptors (Lipinski definition) is 5. The molecule has 1 aliphatic rings. The Bertz CT molecular complexity index is 672. The molecule has 1 aromatic carbocycles. The molecule has 1 aromatic rings. The van der Waals surface area contributed by atoms with E-state index in [1.54, 1.807) is 22.8 Å². The molecule has 0 radical (unpaired) electrons. The molecule has 1 fully saturated rings. The molecule has 0 bridgehead atoms. The van der Waals surface area contributed by atoms with E-state index in [1.807, 2.05) is 30.3 Å². The largest absolute Gasteiger partial charge is 0.450 e. The van der Waals surface area contributed by atoms with E-state index in [-0.39, 0.29) is 25.0 Å². The zero-order valence-corrected chi connectivity index (χ0v) is 16.1. The van der Waals surface area contributed by atoms with Gasteiger partial charge in [0.2, 0.25) is 5.91 Å². The van der Waals surface area contributed by atoms with Crippen LogP contribution in [0.25, 0.3) is 0 Å². The van der Waals surface area contributed by atoms with Crippen molar-refractivity contribution in [2.24, 2.45) is 0 Å². The number of piperazine rings is 1. The van der Waals surface area contributed by atoms with E-state index in [1.165, 1.54) is 0 Å². The highest BCUT2D eigenvalue weighted by molar-refractivity contribution is 5.86. The highest BCUT2D eigenvalue weighted by Gasteiger charge is 2.30. The maximum absolute atomic E-state index is 12.8. The van der Waals surface area contributed by atoms with Crippen molar-refractivity contribution >= 4 is 18.1 Å². The van der Waals surface area contributed by atoms with Crippen molar-refractivity contribution < 1.29 is 23.9 Å². The Kier molecular flexibility index (Phi) is 8.33.